The van der Waals surface area contributed by atoms with Crippen molar-refractivity contribution in [3.05, 3.63) is 0 Å². The molecule has 0 aliphatic heterocycles. The van der Waals surface area contributed by atoms with Gasteiger partial charge in [0, 0.05) is 6.04 Å². The Hall–Kier alpha value is -1.10. The fourth-order valence-electron chi connectivity index (χ4n) is 2.26. The van der Waals surface area contributed by atoms with Crippen LogP contribution in [0.25, 0.3) is 0 Å². The minimum absolute atomic E-state index is 0.128. The molecule has 5 nitrogen and oxygen atoms in total. The van der Waals surface area contributed by atoms with E-state index in [1.54, 1.807) is 13.8 Å². The first-order valence-electron chi connectivity index (χ1n) is 6.22. The van der Waals surface area contributed by atoms with E-state index < -0.39 is 12.0 Å². The maximum Gasteiger partial charge on any atom is 0.326 e. The molecule has 1 saturated carbocycles. The van der Waals surface area contributed by atoms with Crippen LogP contribution in [0.3, 0.4) is 0 Å². The van der Waals surface area contributed by atoms with Crippen LogP contribution in [0.1, 0.15) is 39.5 Å². The summed E-state index contributed by atoms with van der Waals surface area (Å²) in [6.45, 7) is 3.56. The van der Waals surface area contributed by atoms with Gasteiger partial charge in [-0.25, -0.2) is 4.79 Å². The topological polar surface area (TPSA) is 92.4 Å². The van der Waals surface area contributed by atoms with E-state index in [1.807, 2.05) is 0 Å². The minimum atomic E-state index is -0.988. The lowest BCUT2D eigenvalue weighted by atomic mass is 9.84. The van der Waals surface area contributed by atoms with Crippen molar-refractivity contribution in [1.82, 2.24) is 5.32 Å². The first-order valence-corrected chi connectivity index (χ1v) is 6.22. The average molecular weight is 242 g/mol. The minimum Gasteiger partial charge on any atom is -0.480 e. The third kappa shape index (κ3) is 3.70. The zero-order chi connectivity index (χ0) is 13.0. The molecule has 0 radical (unpaired) electrons. The van der Waals surface area contributed by atoms with Crippen LogP contribution in [-0.2, 0) is 9.59 Å². The molecule has 0 spiro atoms. The lowest BCUT2D eigenvalue weighted by molar-refractivity contribution is -0.144. The quantitative estimate of drug-likeness (QED) is 0.677. The van der Waals surface area contributed by atoms with Gasteiger partial charge in [0.1, 0.15) is 6.04 Å². The summed E-state index contributed by atoms with van der Waals surface area (Å²) in [6.07, 6.45) is 3.65. The molecule has 1 rings (SSSR count). The van der Waals surface area contributed by atoms with Gasteiger partial charge in [-0.05, 0) is 18.8 Å². The molecule has 0 saturated heterocycles. The van der Waals surface area contributed by atoms with Crippen LogP contribution in [0.4, 0.5) is 0 Å². The standard InChI is InChI=1S/C12H22N2O3/c1-7(2)10(12(16)17)14-11(15)8-5-3-4-6-9(8)13/h7-10H,3-6,13H2,1-2H3,(H,14,15)(H,16,17)/t8?,9?,10-/m0/s1. The Labute approximate surface area is 102 Å². The number of aliphatic carboxylic acids is 1. The highest BCUT2D eigenvalue weighted by atomic mass is 16.4. The van der Waals surface area contributed by atoms with Crippen molar-refractivity contribution in [3.8, 4) is 0 Å². The number of carboxylic acid groups (broad SMARTS) is 1. The van der Waals surface area contributed by atoms with Crippen LogP contribution in [0.15, 0.2) is 0 Å². The molecule has 2 unspecified atom stereocenters. The number of carbonyl (C=O) groups is 2. The van der Waals surface area contributed by atoms with Crippen LogP contribution < -0.4 is 11.1 Å². The van der Waals surface area contributed by atoms with Crippen molar-refractivity contribution in [2.45, 2.75) is 51.6 Å². The summed E-state index contributed by atoms with van der Waals surface area (Å²) in [7, 11) is 0. The Balaban J connectivity index is 2.60. The molecule has 98 valence electrons. The highest BCUT2D eigenvalue weighted by molar-refractivity contribution is 5.85. The number of rotatable bonds is 4. The summed E-state index contributed by atoms with van der Waals surface area (Å²) in [5, 5.41) is 11.6. The molecule has 0 heterocycles. The number of nitrogens with two attached hydrogens (primary N) is 1. The molecule has 5 heteroatoms. The normalized spacial score (nSPS) is 26.6. The van der Waals surface area contributed by atoms with Gasteiger partial charge in [0.2, 0.25) is 5.91 Å². The Morgan fingerprint density at radius 3 is 2.35 bits per heavy atom. The van der Waals surface area contributed by atoms with E-state index >= 15 is 0 Å². The monoisotopic (exact) mass is 242 g/mol. The summed E-state index contributed by atoms with van der Waals surface area (Å²) >= 11 is 0. The molecular weight excluding hydrogens is 220 g/mol. The van der Waals surface area contributed by atoms with Crippen molar-refractivity contribution in [3.63, 3.8) is 0 Å². The molecule has 1 fully saturated rings. The number of carbonyl (C=O) groups excluding carboxylic acids is 1. The van der Waals surface area contributed by atoms with E-state index in [4.69, 9.17) is 10.8 Å². The lowest BCUT2D eigenvalue weighted by Crippen LogP contribution is -2.50. The second-order valence-electron chi connectivity index (χ2n) is 5.12. The molecule has 0 bridgehead atoms. The van der Waals surface area contributed by atoms with E-state index in [0.29, 0.717) is 0 Å². The summed E-state index contributed by atoms with van der Waals surface area (Å²) < 4.78 is 0. The summed E-state index contributed by atoms with van der Waals surface area (Å²) in [6, 6.07) is -0.956. The molecule has 0 aromatic heterocycles. The number of hydrogen-bond donors (Lipinski definition) is 3. The molecule has 3 atom stereocenters. The molecule has 1 amide bonds. The molecule has 0 aromatic rings. The maximum absolute atomic E-state index is 12.0. The number of carboxylic acids is 1. The Kier molecular flexibility index (Phi) is 4.93. The van der Waals surface area contributed by atoms with Crippen molar-refractivity contribution in [1.29, 1.82) is 0 Å². The van der Waals surface area contributed by atoms with Crippen LogP contribution in [0.5, 0.6) is 0 Å². The summed E-state index contributed by atoms with van der Waals surface area (Å²) in [5.74, 6) is -1.56. The molecule has 1 aliphatic carbocycles. The highest BCUT2D eigenvalue weighted by Gasteiger charge is 2.32. The van der Waals surface area contributed by atoms with E-state index in [-0.39, 0.29) is 23.8 Å². The van der Waals surface area contributed by atoms with Gasteiger partial charge in [-0.1, -0.05) is 26.7 Å². The van der Waals surface area contributed by atoms with Gasteiger partial charge in [-0.15, -0.1) is 0 Å². The third-order valence-electron chi connectivity index (χ3n) is 3.39. The lowest BCUT2D eigenvalue weighted by Gasteiger charge is -2.29. The zero-order valence-electron chi connectivity index (χ0n) is 10.5. The molecule has 0 aromatic carbocycles. The third-order valence-corrected chi connectivity index (χ3v) is 3.39. The van der Waals surface area contributed by atoms with Gasteiger partial charge in [-0.2, -0.15) is 0 Å². The van der Waals surface area contributed by atoms with Crippen molar-refractivity contribution in [2.24, 2.45) is 17.6 Å². The first-order chi connectivity index (χ1) is 7.93. The van der Waals surface area contributed by atoms with Gasteiger partial charge in [0.25, 0.3) is 0 Å². The van der Waals surface area contributed by atoms with Crippen LogP contribution in [0, 0.1) is 11.8 Å². The van der Waals surface area contributed by atoms with Gasteiger partial charge in [-0.3, -0.25) is 4.79 Å². The Morgan fingerprint density at radius 2 is 1.88 bits per heavy atom. The molecule has 4 N–H and O–H groups in total. The number of nitrogens with one attached hydrogen (secondary N) is 1. The number of hydrogen-bond acceptors (Lipinski definition) is 3. The van der Waals surface area contributed by atoms with Crippen molar-refractivity contribution >= 4 is 11.9 Å². The van der Waals surface area contributed by atoms with Crippen LogP contribution in [0.2, 0.25) is 0 Å². The van der Waals surface area contributed by atoms with E-state index in [2.05, 4.69) is 5.32 Å². The fraction of sp³-hybridized carbons (Fsp3) is 0.833. The first kappa shape index (κ1) is 14.0. The predicted molar refractivity (Wildman–Crippen MR) is 64.3 cm³/mol. The molecule has 1 aliphatic rings. The maximum atomic E-state index is 12.0. The number of amides is 1. The SMILES string of the molecule is CC(C)[C@H](NC(=O)C1CCCCC1N)C(=O)O. The fourth-order valence-corrected chi connectivity index (χ4v) is 2.26. The summed E-state index contributed by atoms with van der Waals surface area (Å²) in [4.78, 5) is 23.0. The second-order valence-corrected chi connectivity index (χ2v) is 5.12. The van der Waals surface area contributed by atoms with E-state index in [9.17, 15) is 9.59 Å². The molecular formula is C12H22N2O3. The largest absolute Gasteiger partial charge is 0.480 e. The highest BCUT2D eigenvalue weighted by Crippen LogP contribution is 2.23. The average Bonchev–Trinajstić information content (AvgIpc) is 2.25. The van der Waals surface area contributed by atoms with E-state index in [0.717, 1.165) is 25.7 Å². The van der Waals surface area contributed by atoms with Crippen LogP contribution in [-0.4, -0.2) is 29.1 Å². The van der Waals surface area contributed by atoms with Gasteiger partial charge in [0.05, 0.1) is 5.92 Å². The molecule has 17 heavy (non-hydrogen) atoms. The predicted octanol–water partition coefficient (Wildman–Crippen LogP) is 0.729. The Bertz CT molecular complexity index is 291. The summed E-state index contributed by atoms with van der Waals surface area (Å²) in [5.41, 5.74) is 5.90. The second kappa shape index (κ2) is 6.00. The van der Waals surface area contributed by atoms with Gasteiger partial charge < -0.3 is 16.2 Å². The zero-order valence-corrected chi connectivity index (χ0v) is 10.5. The van der Waals surface area contributed by atoms with Crippen molar-refractivity contribution in [2.75, 3.05) is 0 Å². The van der Waals surface area contributed by atoms with Crippen LogP contribution >= 0.6 is 0 Å². The smallest absolute Gasteiger partial charge is 0.326 e. The van der Waals surface area contributed by atoms with Gasteiger partial charge >= 0.3 is 5.97 Å². The van der Waals surface area contributed by atoms with E-state index in [1.165, 1.54) is 0 Å². The van der Waals surface area contributed by atoms with Crippen molar-refractivity contribution < 1.29 is 14.7 Å². The Morgan fingerprint density at radius 1 is 1.29 bits per heavy atom. The van der Waals surface area contributed by atoms with Gasteiger partial charge in [0.15, 0.2) is 0 Å².